The molecule has 0 radical (unpaired) electrons. The number of benzene rings is 2. The fourth-order valence-electron chi connectivity index (χ4n) is 3.66. The monoisotopic (exact) mass is 523 g/mol. The molecule has 196 valence electrons. The number of carbonyl (C=O) groups excluding carboxylic acids is 2. The topological polar surface area (TPSA) is 116 Å². The summed E-state index contributed by atoms with van der Waals surface area (Å²) in [7, 11) is -2.16. The molecule has 0 aliphatic heterocycles. The molecular weight excluding hydrogens is 489 g/mol. The normalized spacial score (nSPS) is 12.3. The van der Waals surface area contributed by atoms with E-state index in [1.807, 2.05) is 68.4 Å². The molecule has 1 aromatic heterocycles. The molecular formula is C28H34N3O5P. The van der Waals surface area contributed by atoms with Crippen molar-refractivity contribution in [2.75, 3.05) is 12.8 Å². The van der Waals surface area contributed by atoms with Gasteiger partial charge in [-0.3, -0.25) is 10.1 Å². The number of rotatable bonds is 13. The van der Waals surface area contributed by atoms with Gasteiger partial charge in [0, 0.05) is 12.1 Å². The fourth-order valence-corrected chi connectivity index (χ4v) is 4.51. The lowest BCUT2D eigenvalue weighted by Crippen LogP contribution is -2.35. The first kappa shape index (κ1) is 28.1. The van der Waals surface area contributed by atoms with Crippen LogP contribution in [0, 0.1) is 5.92 Å². The minimum atomic E-state index is -2.16. The maximum atomic E-state index is 12.7. The first-order valence-corrected chi connectivity index (χ1v) is 13.8. The molecule has 0 saturated heterocycles. The third-order valence-electron chi connectivity index (χ3n) is 5.54. The molecule has 8 nitrogen and oxygen atoms in total. The minimum Gasteiger partial charge on any atom is -0.611 e. The van der Waals surface area contributed by atoms with Gasteiger partial charge in [0.1, 0.15) is 12.4 Å². The van der Waals surface area contributed by atoms with Crippen LogP contribution >= 0.6 is 7.94 Å². The Bertz CT molecular complexity index is 1130. The van der Waals surface area contributed by atoms with E-state index in [2.05, 4.69) is 27.5 Å². The Labute approximate surface area is 219 Å². The second kappa shape index (κ2) is 14.9. The van der Waals surface area contributed by atoms with E-state index in [9.17, 15) is 14.5 Å². The number of nitrogens with zero attached hydrogens (tertiary/aromatic N) is 1. The van der Waals surface area contributed by atoms with Crippen LogP contribution in [0.5, 0.6) is 0 Å². The van der Waals surface area contributed by atoms with Gasteiger partial charge in [-0.05, 0) is 48.4 Å². The molecule has 0 bridgehead atoms. The number of furan rings is 1. The van der Waals surface area contributed by atoms with Crippen LogP contribution in [0.3, 0.4) is 0 Å². The summed E-state index contributed by atoms with van der Waals surface area (Å²) < 4.78 is 14.7. The number of carbonyl (C=O) groups is 2. The first-order valence-electron chi connectivity index (χ1n) is 12.4. The van der Waals surface area contributed by atoms with Crippen molar-refractivity contribution in [1.82, 2.24) is 10.6 Å². The fraction of sp³-hybridized carbons (Fsp3) is 0.357. The van der Waals surface area contributed by atoms with Crippen LogP contribution in [0.2, 0.25) is 0 Å². The third kappa shape index (κ3) is 10.2. The number of ether oxygens (including phenoxy) is 1. The van der Waals surface area contributed by atoms with Crippen LogP contribution in [0.15, 0.2) is 82.2 Å². The van der Waals surface area contributed by atoms with E-state index in [1.165, 1.54) is 5.56 Å². The summed E-state index contributed by atoms with van der Waals surface area (Å²) in [6.45, 7) is 4.57. The summed E-state index contributed by atoms with van der Waals surface area (Å²) in [5.41, 5.74) is 3.04. The smallest absolute Gasteiger partial charge is 0.410 e. The molecule has 3 rings (SSSR count). The highest BCUT2D eigenvalue weighted by Gasteiger charge is 2.22. The average Bonchev–Trinajstić information content (AvgIpc) is 3.44. The Balaban J connectivity index is 1.41. The van der Waals surface area contributed by atoms with Crippen molar-refractivity contribution >= 4 is 19.9 Å². The second-order valence-corrected chi connectivity index (χ2v) is 10.3. The molecule has 0 spiro atoms. The Morgan fingerprint density at radius 2 is 1.76 bits per heavy atom. The SMILES string of the molecule is CC(C)C[C@H](N=[P+]([O-])CNC(=O)OCc1ccccc1)C(=O)NCCCc1ccc(-c2ccco2)cc1. The van der Waals surface area contributed by atoms with Gasteiger partial charge in [0.25, 0.3) is 0 Å². The second-order valence-electron chi connectivity index (χ2n) is 9.08. The van der Waals surface area contributed by atoms with Gasteiger partial charge in [0.05, 0.1) is 6.26 Å². The third-order valence-corrected chi connectivity index (χ3v) is 6.50. The van der Waals surface area contributed by atoms with Crippen LogP contribution < -0.4 is 15.5 Å². The van der Waals surface area contributed by atoms with Gasteiger partial charge in [0.15, 0.2) is 20.3 Å². The summed E-state index contributed by atoms with van der Waals surface area (Å²) in [6, 6.07) is 20.5. The number of nitrogens with one attached hydrogen (secondary N) is 2. The van der Waals surface area contributed by atoms with Crippen molar-refractivity contribution in [2.45, 2.75) is 45.8 Å². The molecule has 9 heteroatoms. The lowest BCUT2D eigenvalue weighted by molar-refractivity contribution is -0.156. The summed E-state index contributed by atoms with van der Waals surface area (Å²) >= 11 is 0. The van der Waals surface area contributed by atoms with Gasteiger partial charge in [-0.15, -0.1) is 0 Å². The van der Waals surface area contributed by atoms with E-state index in [-0.39, 0.29) is 24.7 Å². The van der Waals surface area contributed by atoms with E-state index < -0.39 is 20.1 Å². The van der Waals surface area contributed by atoms with Crippen LogP contribution in [-0.4, -0.2) is 30.9 Å². The van der Waals surface area contributed by atoms with Crippen LogP contribution in [0.1, 0.15) is 37.8 Å². The predicted molar refractivity (Wildman–Crippen MR) is 143 cm³/mol. The van der Waals surface area contributed by atoms with Gasteiger partial charge in [0.2, 0.25) is 5.91 Å². The summed E-state index contributed by atoms with van der Waals surface area (Å²) in [4.78, 5) is 37.1. The zero-order valence-electron chi connectivity index (χ0n) is 21.3. The van der Waals surface area contributed by atoms with Crippen molar-refractivity contribution in [1.29, 1.82) is 0 Å². The molecule has 0 saturated carbocycles. The van der Waals surface area contributed by atoms with E-state index in [1.54, 1.807) is 6.26 Å². The van der Waals surface area contributed by atoms with Crippen molar-refractivity contribution in [3.63, 3.8) is 0 Å². The van der Waals surface area contributed by atoms with Crippen molar-refractivity contribution in [3.8, 4) is 11.3 Å². The molecule has 2 aromatic carbocycles. The van der Waals surface area contributed by atoms with Gasteiger partial charge < -0.3 is 19.4 Å². The lowest BCUT2D eigenvalue weighted by Gasteiger charge is -2.14. The molecule has 3 aromatic rings. The molecule has 0 fully saturated rings. The standard InChI is InChI=1S/C28H34N3O5P/c1-21(2)18-25(31-37(34)20-30-28(33)36-19-23-8-4-3-5-9-23)27(32)29-16-6-10-22-12-14-24(15-13-22)26-11-7-17-35-26/h3-5,7-9,11-15,17,21,25H,6,10,16,18-20H2,1-2H3,(H,29,32)(H,30,33)/t25-/m0/s1. The maximum absolute atomic E-state index is 12.7. The minimum absolute atomic E-state index is 0.118. The van der Waals surface area contributed by atoms with Crippen LogP contribution in [-0.2, 0) is 22.6 Å². The van der Waals surface area contributed by atoms with Crippen molar-refractivity contribution in [2.24, 2.45) is 10.7 Å². The largest absolute Gasteiger partial charge is 0.611 e. The van der Waals surface area contributed by atoms with Crippen molar-refractivity contribution in [3.05, 3.63) is 84.1 Å². The lowest BCUT2D eigenvalue weighted by atomic mass is 10.0. The van der Waals surface area contributed by atoms with Gasteiger partial charge in [-0.2, -0.15) is 0 Å². The Morgan fingerprint density at radius 1 is 1.00 bits per heavy atom. The van der Waals surface area contributed by atoms with Crippen LogP contribution in [0.25, 0.3) is 11.3 Å². The number of aryl methyl sites for hydroxylation is 1. The Kier molecular flexibility index (Phi) is 11.3. The molecule has 2 N–H and O–H groups in total. The highest BCUT2D eigenvalue weighted by Crippen LogP contribution is 2.21. The first-order chi connectivity index (χ1) is 17.9. The summed E-state index contributed by atoms with van der Waals surface area (Å²) in [6.07, 6.45) is 2.84. The predicted octanol–water partition coefficient (Wildman–Crippen LogP) is 5.23. The molecule has 37 heavy (non-hydrogen) atoms. The van der Waals surface area contributed by atoms with E-state index in [4.69, 9.17) is 9.15 Å². The Hall–Kier alpha value is -3.48. The van der Waals surface area contributed by atoms with E-state index in [0.717, 1.165) is 29.7 Å². The molecule has 2 amide bonds. The van der Waals surface area contributed by atoms with Crippen molar-refractivity contribution < 1.29 is 23.6 Å². The molecule has 2 atom stereocenters. The highest BCUT2D eigenvalue weighted by atomic mass is 31.1. The Morgan fingerprint density at radius 3 is 2.43 bits per heavy atom. The van der Waals surface area contributed by atoms with Crippen LogP contribution in [0.4, 0.5) is 4.79 Å². The van der Waals surface area contributed by atoms with E-state index in [0.29, 0.717) is 13.0 Å². The summed E-state index contributed by atoms with van der Waals surface area (Å²) in [5, 5.41) is 5.37. The average molecular weight is 524 g/mol. The highest BCUT2D eigenvalue weighted by molar-refractivity contribution is 7.39. The van der Waals surface area contributed by atoms with Gasteiger partial charge >= 0.3 is 6.09 Å². The molecule has 0 aliphatic carbocycles. The molecule has 1 unspecified atom stereocenters. The van der Waals surface area contributed by atoms with Gasteiger partial charge in [-0.25, -0.2) is 4.79 Å². The maximum Gasteiger partial charge on any atom is 0.410 e. The summed E-state index contributed by atoms with van der Waals surface area (Å²) in [5.74, 6) is 0.771. The zero-order chi connectivity index (χ0) is 26.5. The number of hydrogen-bond donors (Lipinski definition) is 2. The molecule has 0 aliphatic rings. The van der Waals surface area contributed by atoms with Gasteiger partial charge in [-0.1, -0.05) is 73.2 Å². The number of alkyl carbamates (subject to hydrolysis) is 1. The molecule has 1 heterocycles. The quantitative estimate of drug-likeness (QED) is 0.235. The number of amides is 2. The zero-order valence-corrected chi connectivity index (χ0v) is 22.2. The number of hydrogen-bond acceptors (Lipinski definition) is 6. The van der Waals surface area contributed by atoms with E-state index >= 15 is 0 Å².